The van der Waals surface area contributed by atoms with E-state index in [0.717, 1.165) is 12.0 Å². The van der Waals surface area contributed by atoms with Gasteiger partial charge in [-0.3, -0.25) is 4.90 Å². The average molecular weight is 433 g/mol. The van der Waals surface area contributed by atoms with Crippen LogP contribution in [0, 0.1) is 11.3 Å². The van der Waals surface area contributed by atoms with E-state index in [1.54, 1.807) is 24.0 Å². The Hall–Kier alpha value is -2.63. The summed E-state index contributed by atoms with van der Waals surface area (Å²) in [7, 11) is 1.53. The zero-order chi connectivity index (χ0) is 21.1. The van der Waals surface area contributed by atoms with Crippen LogP contribution in [0.1, 0.15) is 38.3 Å². The first kappa shape index (κ1) is 21.1. The summed E-state index contributed by atoms with van der Waals surface area (Å²) in [6.07, 6.45) is 1.39. The van der Waals surface area contributed by atoms with Crippen LogP contribution in [0.5, 0.6) is 5.75 Å². The Labute approximate surface area is 178 Å². The second-order valence-corrected chi connectivity index (χ2v) is 7.70. The molecule has 1 aromatic rings. The lowest BCUT2D eigenvalue weighted by Gasteiger charge is -2.35. The normalized spacial score (nSPS) is 18.4. The molecule has 0 fully saturated rings. The van der Waals surface area contributed by atoms with Crippen LogP contribution in [0.15, 0.2) is 45.2 Å². The molecule has 2 N–H and O–H groups in total. The van der Waals surface area contributed by atoms with Crippen LogP contribution < -0.4 is 10.5 Å². The first-order chi connectivity index (χ1) is 14.0. The first-order valence-corrected chi connectivity index (χ1v) is 10.3. The van der Waals surface area contributed by atoms with Gasteiger partial charge in [-0.25, -0.2) is 9.79 Å². The van der Waals surface area contributed by atoms with Crippen LogP contribution in [0.3, 0.4) is 0 Å². The Morgan fingerprint density at radius 2 is 2.21 bits per heavy atom. The molecule has 0 saturated carbocycles. The number of ether oxygens (including phenoxy) is 2. The van der Waals surface area contributed by atoms with Gasteiger partial charge in [0.2, 0.25) is 0 Å². The molecule has 2 heterocycles. The highest BCUT2D eigenvalue weighted by Crippen LogP contribution is 2.47. The van der Waals surface area contributed by atoms with Crippen molar-refractivity contribution in [2.45, 2.75) is 32.7 Å². The van der Waals surface area contributed by atoms with Crippen molar-refractivity contribution in [1.82, 2.24) is 4.90 Å². The molecule has 1 aromatic carbocycles. The number of nitrogens with two attached hydrogens (primary N) is 1. The topological polar surface area (TPSA) is 101 Å². The number of benzene rings is 1. The molecule has 0 spiro atoms. The molecule has 29 heavy (non-hydrogen) atoms. The molecule has 0 radical (unpaired) electrons. The molecule has 2 aliphatic rings. The van der Waals surface area contributed by atoms with Crippen LogP contribution in [-0.4, -0.2) is 29.8 Å². The summed E-state index contributed by atoms with van der Waals surface area (Å²) in [5, 5.41) is 10.4. The number of fused-ring (bicyclic) bond motifs is 1. The molecule has 0 aromatic heterocycles. The Balaban J connectivity index is 2.23. The fourth-order valence-corrected chi connectivity index (χ4v) is 4.46. The van der Waals surface area contributed by atoms with E-state index in [0.29, 0.717) is 38.5 Å². The van der Waals surface area contributed by atoms with E-state index >= 15 is 0 Å². The molecule has 7 nitrogen and oxygen atoms in total. The van der Waals surface area contributed by atoms with E-state index in [2.05, 4.69) is 11.1 Å². The van der Waals surface area contributed by atoms with Gasteiger partial charge in [-0.1, -0.05) is 31.0 Å². The number of carbonyl (C=O) groups is 1. The Bertz CT molecular complexity index is 980. The number of methoxy groups -OCH3 is 1. The van der Waals surface area contributed by atoms with Gasteiger partial charge in [0.25, 0.3) is 0 Å². The number of amidine groups is 1. The summed E-state index contributed by atoms with van der Waals surface area (Å²) in [5.41, 5.74) is 8.03. The van der Waals surface area contributed by atoms with Crippen molar-refractivity contribution >= 4 is 34.5 Å². The smallest absolute Gasteiger partial charge is 0.338 e. The van der Waals surface area contributed by atoms with Gasteiger partial charge in [-0.15, -0.1) is 0 Å². The average Bonchev–Trinajstić information content (AvgIpc) is 3.02. The van der Waals surface area contributed by atoms with Crippen molar-refractivity contribution in [1.29, 1.82) is 5.26 Å². The van der Waals surface area contributed by atoms with Crippen molar-refractivity contribution < 1.29 is 14.3 Å². The van der Waals surface area contributed by atoms with Gasteiger partial charge in [0.15, 0.2) is 5.17 Å². The van der Waals surface area contributed by atoms with Gasteiger partial charge in [-0.05, 0) is 42.8 Å². The number of nitrogens with zero attached hydrogens (tertiary/aromatic N) is 3. The molecule has 0 bridgehead atoms. The number of esters is 1. The third-order valence-corrected chi connectivity index (χ3v) is 5.81. The fraction of sp³-hybridized carbons (Fsp3) is 0.350. The minimum atomic E-state index is -0.607. The predicted octanol–water partition coefficient (Wildman–Crippen LogP) is 4.08. The summed E-state index contributed by atoms with van der Waals surface area (Å²) in [5.74, 6) is 0.317. The number of hydrogen-bond donors (Lipinski definition) is 1. The number of hydrogen-bond acceptors (Lipinski definition) is 8. The van der Waals surface area contributed by atoms with Gasteiger partial charge in [0, 0.05) is 0 Å². The van der Waals surface area contributed by atoms with E-state index < -0.39 is 12.0 Å². The van der Waals surface area contributed by atoms with Crippen molar-refractivity contribution in [2.75, 3.05) is 13.7 Å². The molecule has 1 atom stereocenters. The summed E-state index contributed by atoms with van der Waals surface area (Å²) >= 11 is 7.56. The van der Waals surface area contributed by atoms with Crippen molar-refractivity contribution in [2.24, 2.45) is 10.7 Å². The van der Waals surface area contributed by atoms with Gasteiger partial charge < -0.3 is 15.2 Å². The number of thioether (sulfide) groups is 1. The van der Waals surface area contributed by atoms with E-state index in [-0.39, 0.29) is 12.4 Å². The Morgan fingerprint density at radius 1 is 1.45 bits per heavy atom. The molecular weight excluding hydrogens is 412 g/mol. The van der Waals surface area contributed by atoms with Crippen LogP contribution >= 0.6 is 23.4 Å². The first-order valence-electron chi connectivity index (χ1n) is 9.15. The van der Waals surface area contributed by atoms with E-state index in [1.807, 2.05) is 13.0 Å². The third kappa shape index (κ3) is 3.80. The Kier molecular flexibility index (Phi) is 6.40. The second kappa shape index (κ2) is 8.80. The standard InChI is InChI=1S/C20H21ClN4O3S/c1-4-6-13-16(19(26)28-5-2)17(11-7-8-14(27-3)12(21)9-11)25-18(23)15(10-22)29-20(25)24-13/h7-9,17H,4-6,23H2,1-3H3/t17-/m0/s1. The molecule has 3 rings (SSSR count). The SMILES string of the molecule is CCCC1=C(C(=O)OCC)[C@H](c2ccc(OC)c(Cl)c2)N2C(=N1)SC(C#N)=C2N. The quantitative estimate of drug-likeness (QED) is 0.676. The van der Waals surface area contributed by atoms with Crippen LogP contribution in [0.2, 0.25) is 5.02 Å². The maximum absolute atomic E-state index is 13.0. The summed E-state index contributed by atoms with van der Waals surface area (Å²) in [6, 6.07) is 6.79. The van der Waals surface area contributed by atoms with Gasteiger partial charge >= 0.3 is 5.97 Å². The summed E-state index contributed by atoms with van der Waals surface area (Å²) < 4.78 is 10.6. The second-order valence-electron chi connectivity index (χ2n) is 6.32. The number of allylic oxidation sites excluding steroid dienone is 2. The molecule has 0 saturated heterocycles. The van der Waals surface area contributed by atoms with Gasteiger partial charge in [0.1, 0.15) is 22.5 Å². The lowest BCUT2D eigenvalue weighted by atomic mass is 9.93. The van der Waals surface area contributed by atoms with E-state index in [4.69, 9.17) is 26.8 Å². The highest BCUT2D eigenvalue weighted by Gasteiger charge is 2.43. The monoisotopic (exact) mass is 432 g/mol. The minimum absolute atomic E-state index is 0.234. The number of halogens is 1. The summed E-state index contributed by atoms with van der Waals surface area (Å²) in [6.45, 7) is 4.00. The largest absolute Gasteiger partial charge is 0.495 e. The summed E-state index contributed by atoms with van der Waals surface area (Å²) in [4.78, 5) is 19.7. The molecule has 0 aliphatic carbocycles. The maximum atomic E-state index is 13.0. The molecule has 9 heteroatoms. The Morgan fingerprint density at radius 3 is 2.79 bits per heavy atom. The lowest BCUT2D eigenvalue weighted by molar-refractivity contribution is -0.139. The van der Waals surface area contributed by atoms with Crippen LogP contribution in [0.25, 0.3) is 0 Å². The third-order valence-electron chi connectivity index (χ3n) is 4.54. The van der Waals surface area contributed by atoms with Crippen molar-refractivity contribution in [3.05, 3.63) is 50.8 Å². The van der Waals surface area contributed by atoms with Gasteiger partial charge in [0.05, 0.1) is 36.1 Å². The van der Waals surface area contributed by atoms with Crippen LogP contribution in [0.4, 0.5) is 0 Å². The zero-order valence-corrected chi connectivity index (χ0v) is 17.9. The maximum Gasteiger partial charge on any atom is 0.338 e. The van der Waals surface area contributed by atoms with Crippen molar-refractivity contribution in [3.63, 3.8) is 0 Å². The number of rotatable bonds is 6. The minimum Gasteiger partial charge on any atom is -0.495 e. The van der Waals surface area contributed by atoms with Crippen LogP contribution in [-0.2, 0) is 9.53 Å². The molecule has 152 valence electrons. The lowest BCUT2D eigenvalue weighted by Crippen LogP contribution is -2.39. The fourth-order valence-electron chi connectivity index (χ4n) is 3.31. The number of aliphatic imine (C=N–C) groups is 1. The van der Waals surface area contributed by atoms with Crippen molar-refractivity contribution in [3.8, 4) is 11.8 Å². The highest BCUT2D eigenvalue weighted by molar-refractivity contribution is 8.17. The molecular formula is C20H21ClN4O3S. The van der Waals surface area contributed by atoms with Gasteiger partial charge in [-0.2, -0.15) is 5.26 Å². The molecule has 0 unspecified atom stereocenters. The number of carbonyl (C=O) groups excluding carboxylic acids is 1. The van der Waals surface area contributed by atoms with E-state index in [9.17, 15) is 10.1 Å². The van der Waals surface area contributed by atoms with E-state index in [1.165, 1.54) is 18.9 Å². The predicted molar refractivity (Wildman–Crippen MR) is 113 cm³/mol. The molecule has 0 amide bonds. The zero-order valence-electron chi connectivity index (χ0n) is 16.4. The number of nitriles is 1. The molecule has 2 aliphatic heterocycles. The highest BCUT2D eigenvalue weighted by atomic mass is 35.5.